The predicted molar refractivity (Wildman–Crippen MR) is 117 cm³/mol. The smallest absolute Gasteiger partial charge is 0.322 e. The molecule has 1 saturated heterocycles. The van der Waals surface area contributed by atoms with E-state index in [-0.39, 0.29) is 24.0 Å². The highest BCUT2D eigenvalue weighted by Gasteiger charge is 2.37. The van der Waals surface area contributed by atoms with Crippen LogP contribution in [0.2, 0.25) is 0 Å². The summed E-state index contributed by atoms with van der Waals surface area (Å²) in [5, 5.41) is 23.1. The number of benzene rings is 1. The Morgan fingerprint density at radius 1 is 1.19 bits per heavy atom. The highest BCUT2D eigenvalue weighted by atomic mass is 16.4. The van der Waals surface area contributed by atoms with Crippen molar-refractivity contribution in [1.29, 1.82) is 0 Å². The quantitative estimate of drug-likeness (QED) is 0.336. The molecule has 1 aromatic carbocycles. The Bertz CT molecular complexity index is 826. The van der Waals surface area contributed by atoms with Gasteiger partial charge in [0.05, 0.1) is 6.04 Å². The number of nitrogens with zero attached hydrogens (tertiary/aromatic N) is 1. The van der Waals surface area contributed by atoms with E-state index in [1.54, 1.807) is 12.1 Å². The summed E-state index contributed by atoms with van der Waals surface area (Å²) in [6.07, 6.45) is 1.68. The zero-order valence-electron chi connectivity index (χ0n) is 18.4. The first kappa shape index (κ1) is 25.1. The molecular weight excluding hydrogens is 416 g/mol. The van der Waals surface area contributed by atoms with Gasteiger partial charge in [-0.3, -0.25) is 19.2 Å². The molecule has 176 valence electrons. The van der Waals surface area contributed by atoms with Gasteiger partial charge in [0.2, 0.25) is 17.7 Å². The Morgan fingerprint density at radius 3 is 2.44 bits per heavy atom. The Labute approximate surface area is 187 Å². The maximum atomic E-state index is 12.9. The SMILES string of the molecule is CC(C)CC(NC(=O)C1CCCN1C(=O)C(N)Cc1ccc(O)cc1)C(=O)NCC(=O)O. The summed E-state index contributed by atoms with van der Waals surface area (Å²) >= 11 is 0. The van der Waals surface area contributed by atoms with E-state index in [1.807, 2.05) is 13.8 Å². The van der Waals surface area contributed by atoms with Crippen molar-refractivity contribution in [3.63, 3.8) is 0 Å². The van der Waals surface area contributed by atoms with Crippen molar-refractivity contribution in [2.45, 2.75) is 57.7 Å². The van der Waals surface area contributed by atoms with E-state index in [1.165, 1.54) is 17.0 Å². The maximum absolute atomic E-state index is 12.9. The van der Waals surface area contributed by atoms with Crippen molar-refractivity contribution in [3.8, 4) is 5.75 Å². The number of carboxylic acid groups (broad SMARTS) is 1. The van der Waals surface area contributed by atoms with Gasteiger partial charge in [0.25, 0.3) is 0 Å². The summed E-state index contributed by atoms with van der Waals surface area (Å²) < 4.78 is 0. The van der Waals surface area contributed by atoms with Crippen LogP contribution in [-0.4, -0.2) is 70.0 Å². The van der Waals surface area contributed by atoms with Gasteiger partial charge in [-0.2, -0.15) is 0 Å². The summed E-state index contributed by atoms with van der Waals surface area (Å²) in [5.41, 5.74) is 6.90. The van der Waals surface area contributed by atoms with Gasteiger partial charge < -0.3 is 31.5 Å². The first-order chi connectivity index (χ1) is 15.1. The molecule has 3 unspecified atom stereocenters. The van der Waals surface area contributed by atoms with Crippen molar-refractivity contribution in [3.05, 3.63) is 29.8 Å². The predicted octanol–water partition coefficient (Wildman–Crippen LogP) is -0.0153. The second-order valence-electron chi connectivity index (χ2n) is 8.47. The van der Waals surface area contributed by atoms with Crippen molar-refractivity contribution in [2.24, 2.45) is 11.7 Å². The lowest BCUT2D eigenvalue weighted by atomic mass is 10.0. The van der Waals surface area contributed by atoms with Crippen molar-refractivity contribution in [1.82, 2.24) is 15.5 Å². The number of hydrogen-bond acceptors (Lipinski definition) is 6. The molecule has 0 aliphatic carbocycles. The van der Waals surface area contributed by atoms with Crippen LogP contribution in [0.1, 0.15) is 38.7 Å². The molecule has 2 rings (SSSR count). The van der Waals surface area contributed by atoms with E-state index in [0.717, 1.165) is 5.56 Å². The zero-order valence-corrected chi connectivity index (χ0v) is 18.4. The minimum Gasteiger partial charge on any atom is -0.508 e. The summed E-state index contributed by atoms with van der Waals surface area (Å²) in [7, 11) is 0. The zero-order chi connectivity index (χ0) is 23.8. The number of nitrogens with one attached hydrogen (secondary N) is 2. The molecular formula is C22H32N4O6. The van der Waals surface area contributed by atoms with Gasteiger partial charge in [0.15, 0.2) is 0 Å². The summed E-state index contributed by atoms with van der Waals surface area (Å²) in [6.45, 7) is 3.62. The number of aromatic hydroxyl groups is 1. The number of carbonyl (C=O) groups is 4. The molecule has 32 heavy (non-hydrogen) atoms. The molecule has 1 fully saturated rings. The minimum atomic E-state index is -1.18. The lowest BCUT2D eigenvalue weighted by Gasteiger charge is -2.28. The number of rotatable bonds is 10. The molecule has 0 aromatic heterocycles. The fraction of sp³-hybridized carbons (Fsp3) is 0.545. The van der Waals surface area contributed by atoms with Crippen LogP contribution in [0.4, 0.5) is 0 Å². The molecule has 0 spiro atoms. The summed E-state index contributed by atoms with van der Waals surface area (Å²) in [5.74, 6) is -2.36. The van der Waals surface area contributed by atoms with Crippen LogP contribution in [0, 0.1) is 5.92 Å². The molecule has 1 heterocycles. The molecule has 3 atom stereocenters. The standard InChI is InChI=1S/C22H32N4O6/c1-13(2)10-17(20(30)24-12-19(28)29)25-21(31)18-4-3-9-26(18)22(32)16(23)11-14-5-7-15(27)8-6-14/h5-8,13,16-18,27H,3-4,9-12,23H2,1-2H3,(H,24,30)(H,25,31)(H,28,29). The van der Waals surface area contributed by atoms with Crippen LogP contribution in [0.3, 0.4) is 0 Å². The van der Waals surface area contributed by atoms with Crippen LogP contribution in [0.25, 0.3) is 0 Å². The highest BCUT2D eigenvalue weighted by molar-refractivity contribution is 5.94. The van der Waals surface area contributed by atoms with Gasteiger partial charge >= 0.3 is 5.97 Å². The minimum absolute atomic E-state index is 0.0796. The summed E-state index contributed by atoms with van der Waals surface area (Å²) in [4.78, 5) is 50.4. The van der Waals surface area contributed by atoms with Crippen LogP contribution < -0.4 is 16.4 Å². The molecule has 0 radical (unpaired) electrons. The molecule has 1 aromatic rings. The average Bonchev–Trinajstić information content (AvgIpc) is 3.22. The van der Waals surface area contributed by atoms with E-state index in [4.69, 9.17) is 10.8 Å². The molecule has 0 saturated carbocycles. The Hall–Kier alpha value is -3.14. The number of likely N-dealkylation sites (tertiary alicyclic amines) is 1. The van der Waals surface area contributed by atoms with Gasteiger partial charge in [-0.05, 0) is 49.3 Å². The highest BCUT2D eigenvalue weighted by Crippen LogP contribution is 2.20. The van der Waals surface area contributed by atoms with Crippen LogP contribution in [-0.2, 0) is 25.6 Å². The lowest BCUT2D eigenvalue weighted by molar-refractivity contribution is -0.141. The third-order valence-electron chi connectivity index (χ3n) is 5.30. The maximum Gasteiger partial charge on any atom is 0.322 e. The molecule has 10 nitrogen and oxygen atoms in total. The average molecular weight is 449 g/mol. The van der Waals surface area contributed by atoms with E-state index in [2.05, 4.69) is 10.6 Å². The number of phenolic OH excluding ortho intramolecular Hbond substituents is 1. The van der Waals surface area contributed by atoms with Crippen LogP contribution in [0.5, 0.6) is 5.75 Å². The fourth-order valence-electron chi connectivity index (χ4n) is 3.75. The number of amides is 3. The number of hydrogen-bond donors (Lipinski definition) is 5. The number of carboxylic acids is 1. The van der Waals surface area contributed by atoms with Gasteiger partial charge in [-0.25, -0.2) is 0 Å². The van der Waals surface area contributed by atoms with E-state index < -0.39 is 42.5 Å². The van der Waals surface area contributed by atoms with Gasteiger partial charge in [0.1, 0.15) is 24.4 Å². The normalized spacial score (nSPS) is 17.6. The van der Waals surface area contributed by atoms with Gasteiger partial charge in [0, 0.05) is 6.54 Å². The van der Waals surface area contributed by atoms with E-state index in [0.29, 0.717) is 25.8 Å². The second-order valence-corrected chi connectivity index (χ2v) is 8.47. The van der Waals surface area contributed by atoms with Crippen molar-refractivity contribution >= 4 is 23.7 Å². The first-order valence-electron chi connectivity index (χ1n) is 10.7. The molecule has 0 bridgehead atoms. The Morgan fingerprint density at radius 2 is 1.84 bits per heavy atom. The van der Waals surface area contributed by atoms with Gasteiger partial charge in [-0.15, -0.1) is 0 Å². The number of aliphatic carboxylic acids is 1. The lowest BCUT2D eigenvalue weighted by Crippen LogP contribution is -2.56. The van der Waals surface area contributed by atoms with Crippen LogP contribution >= 0.6 is 0 Å². The second kappa shape index (κ2) is 11.5. The van der Waals surface area contributed by atoms with Crippen molar-refractivity contribution in [2.75, 3.05) is 13.1 Å². The Kier molecular flexibility index (Phi) is 9.01. The van der Waals surface area contributed by atoms with E-state index in [9.17, 15) is 24.3 Å². The van der Waals surface area contributed by atoms with Crippen molar-refractivity contribution < 1.29 is 29.4 Å². The number of carbonyl (C=O) groups excluding carboxylic acids is 3. The molecule has 6 N–H and O–H groups in total. The van der Waals surface area contributed by atoms with E-state index >= 15 is 0 Å². The van der Waals surface area contributed by atoms with Crippen LogP contribution in [0.15, 0.2) is 24.3 Å². The fourth-order valence-corrected chi connectivity index (χ4v) is 3.75. The molecule has 10 heteroatoms. The molecule has 1 aliphatic heterocycles. The third-order valence-corrected chi connectivity index (χ3v) is 5.30. The summed E-state index contributed by atoms with van der Waals surface area (Å²) in [6, 6.07) is 3.91. The molecule has 1 aliphatic rings. The third kappa shape index (κ3) is 7.23. The van der Waals surface area contributed by atoms with Gasteiger partial charge in [-0.1, -0.05) is 26.0 Å². The number of nitrogens with two attached hydrogens (primary N) is 1. The largest absolute Gasteiger partial charge is 0.508 e. The molecule has 3 amide bonds. The topological polar surface area (TPSA) is 162 Å². The number of phenols is 1. The monoisotopic (exact) mass is 448 g/mol. The first-order valence-corrected chi connectivity index (χ1v) is 10.7. The Balaban J connectivity index is 2.03.